The fourth-order valence-corrected chi connectivity index (χ4v) is 1.51. The van der Waals surface area contributed by atoms with Gasteiger partial charge in [-0.15, -0.1) is 0 Å². The van der Waals surface area contributed by atoms with Crippen molar-refractivity contribution in [2.24, 2.45) is 7.05 Å². The van der Waals surface area contributed by atoms with Crippen molar-refractivity contribution in [3.05, 3.63) is 23.9 Å². The third-order valence-corrected chi connectivity index (χ3v) is 2.17. The highest BCUT2D eigenvalue weighted by atomic mass is 16.5. The number of aromatic nitrogens is 2. The number of benzene rings is 1. The zero-order valence-corrected chi connectivity index (χ0v) is 8.03. The molecule has 1 aromatic heterocycles. The Labute approximate surface area is 76.9 Å². The highest BCUT2D eigenvalue weighted by Gasteiger charge is 2.06. The van der Waals surface area contributed by atoms with Gasteiger partial charge >= 0.3 is 0 Å². The third-order valence-electron chi connectivity index (χ3n) is 2.17. The van der Waals surface area contributed by atoms with E-state index in [0.717, 1.165) is 16.7 Å². The van der Waals surface area contributed by atoms with E-state index < -0.39 is 0 Å². The molecule has 2 aromatic rings. The van der Waals surface area contributed by atoms with Gasteiger partial charge in [-0.2, -0.15) is 5.10 Å². The molecule has 68 valence electrons. The van der Waals surface area contributed by atoms with Gasteiger partial charge < -0.3 is 4.74 Å². The second-order valence-corrected chi connectivity index (χ2v) is 3.15. The van der Waals surface area contributed by atoms with E-state index in [2.05, 4.69) is 12.0 Å². The Kier molecular flexibility index (Phi) is 1.72. The number of fused-ring (bicyclic) bond motifs is 1. The average molecular weight is 176 g/mol. The normalized spacial score (nSPS) is 10.7. The molecule has 1 aromatic carbocycles. The Morgan fingerprint density at radius 3 is 2.85 bits per heavy atom. The first-order valence-corrected chi connectivity index (χ1v) is 4.19. The largest absolute Gasteiger partial charge is 0.496 e. The predicted octanol–water partition coefficient (Wildman–Crippen LogP) is 1.89. The van der Waals surface area contributed by atoms with Crippen molar-refractivity contribution >= 4 is 10.9 Å². The summed E-state index contributed by atoms with van der Waals surface area (Å²) < 4.78 is 7.05. The van der Waals surface area contributed by atoms with E-state index in [9.17, 15) is 0 Å². The molecule has 0 atom stereocenters. The van der Waals surface area contributed by atoms with Crippen LogP contribution >= 0.6 is 0 Å². The van der Waals surface area contributed by atoms with E-state index in [0.29, 0.717) is 0 Å². The molecule has 0 aliphatic rings. The third kappa shape index (κ3) is 1.16. The van der Waals surface area contributed by atoms with E-state index >= 15 is 0 Å². The van der Waals surface area contributed by atoms with Crippen LogP contribution in [-0.4, -0.2) is 16.9 Å². The van der Waals surface area contributed by atoms with Crippen molar-refractivity contribution in [3.63, 3.8) is 0 Å². The maximum atomic E-state index is 5.24. The minimum Gasteiger partial charge on any atom is -0.496 e. The number of nitrogens with zero attached hydrogens (tertiary/aromatic N) is 2. The van der Waals surface area contributed by atoms with Crippen molar-refractivity contribution in [1.82, 2.24) is 9.78 Å². The number of methoxy groups -OCH3 is 1. The molecule has 0 aliphatic carbocycles. The summed E-state index contributed by atoms with van der Waals surface area (Å²) in [5.41, 5.74) is 2.19. The van der Waals surface area contributed by atoms with Crippen LogP contribution in [-0.2, 0) is 7.05 Å². The van der Waals surface area contributed by atoms with Gasteiger partial charge in [-0.1, -0.05) is 6.07 Å². The lowest BCUT2D eigenvalue weighted by molar-refractivity contribution is 0.419. The van der Waals surface area contributed by atoms with E-state index in [1.807, 2.05) is 25.4 Å². The molecule has 2 rings (SSSR count). The fraction of sp³-hybridized carbons (Fsp3) is 0.300. The lowest BCUT2D eigenvalue weighted by Gasteiger charge is -2.01. The van der Waals surface area contributed by atoms with E-state index in [4.69, 9.17) is 4.74 Å². The summed E-state index contributed by atoms with van der Waals surface area (Å²) in [4.78, 5) is 0. The summed E-state index contributed by atoms with van der Waals surface area (Å²) in [7, 11) is 3.59. The molecule has 0 spiro atoms. The van der Waals surface area contributed by atoms with E-state index in [1.54, 1.807) is 11.8 Å². The van der Waals surface area contributed by atoms with Gasteiger partial charge in [-0.25, -0.2) is 0 Å². The summed E-state index contributed by atoms with van der Waals surface area (Å²) >= 11 is 0. The minimum absolute atomic E-state index is 0.883. The fourth-order valence-electron chi connectivity index (χ4n) is 1.51. The molecule has 1 heterocycles. The van der Waals surface area contributed by atoms with Crippen LogP contribution in [0.4, 0.5) is 0 Å². The van der Waals surface area contributed by atoms with Gasteiger partial charge in [0.2, 0.25) is 0 Å². The molecular weight excluding hydrogens is 164 g/mol. The van der Waals surface area contributed by atoms with Gasteiger partial charge in [0, 0.05) is 13.2 Å². The molecule has 0 bridgehead atoms. The molecule has 3 heteroatoms. The smallest absolute Gasteiger partial charge is 0.129 e. The first kappa shape index (κ1) is 8.10. The van der Waals surface area contributed by atoms with E-state index in [1.165, 1.54) is 5.56 Å². The Hall–Kier alpha value is -1.51. The molecule has 3 nitrogen and oxygen atoms in total. The van der Waals surface area contributed by atoms with Gasteiger partial charge in [-0.05, 0) is 18.6 Å². The number of ether oxygens (including phenoxy) is 1. The van der Waals surface area contributed by atoms with Crippen LogP contribution in [0, 0.1) is 6.92 Å². The summed E-state index contributed by atoms with van der Waals surface area (Å²) in [6.45, 7) is 2.05. The molecular formula is C10H12N2O. The summed E-state index contributed by atoms with van der Waals surface area (Å²) in [5, 5.41) is 5.43. The molecule has 13 heavy (non-hydrogen) atoms. The Morgan fingerprint density at radius 2 is 2.15 bits per heavy atom. The number of aryl methyl sites for hydroxylation is 2. The van der Waals surface area contributed by atoms with Gasteiger partial charge in [0.1, 0.15) is 5.75 Å². The van der Waals surface area contributed by atoms with Crippen LogP contribution in [0.2, 0.25) is 0 Å². The van der Waals surface area contributed by atoms with Crippen molar-refractivity contribution < 1.29 is 4.74 Å². The summed E-state index contributed by atoms with van der Waals surface area (Å²) in [6.07, 6.45) is 1.97. The second-order valence-electron chi connectivity index (χ2n) is 3.15. The number of hydrogen-bond donors (Lipinski definition) is 0. The van der Waals surface area contributed by atoms with Crippen LogP contribution < -0.4 is 4.74 Å². The Balaban J connectivity index is 2.83. The average Bonchev–Trinajstić information content (AvgIpc) is 2.48. The lowest BCUT2D eigenvalue weighted by atomic mass is 10.1. The van der Waals surface area contributed by atoms with Gasteiger partial charge in [-0.3, -0.25) is 4.68 Å². The highest BCUT2D eigenvalue weighted by Crippen LogP contribution is 2.26. The molecule has 0 radical (unpaired) electrons. The van der Waals surface area contributed by atoms with Crippen LogP contribution in [0.15, 0.2) is 18.3 Å². The molecule has 0 N–H and O–H groups in total. The van der Waals surface area contributed by atoms with E-state index in [-0.39, 0.29) is 0 Å². The Morgan fingerprint density at radius 1 is 1.38 bits per heavy atom. The van der Waals surface area contributed by atoms with Gasteiger partial charge in [0.05, 0.1) is 18.0 Å². The quantitative estimate of drug-likeness (QED) is 0.663. The molecule has 0 saturated heterocycles. The first-order valence-electron chi connectivity index (χ1n) is 4.19. The number of hydrogen-bond acceptors (Lipinski definition) is 2. The molecule has 0 unspecified atom stereocenters. The van der Waals surface area contributed by atoms with Crippen LogP contribution in [0.25, 0.3) is 10.9 Å². The van der Waals surface area contributed by atoms with Crippen molar-refractivity contribution in [1.29, 1.82) is 0 Å². The Bertz CT molecular complexity index is 445. The zero-order chi connectivity index (χ0) is 9.42. The number of rotatable bonds is 1. The topological polar surface area (TPSA) is 27.1 Å². The SMILES string of the molecule is COc1ccc(C)c2nn(C)cc12. The first-order chi connectivity index (χ1) is 6.22. The summed E-state index contributed by atoms with van der Waals surface area (Å²) in [6, 6.07) is 3.99. The minimum atomic E-state index is 0.883. The van der Waals surface area contributed by atoms with Crippen molar-refractivity contribution in [2.75, 3.05) is 7.11 Å². The van der Waals surface area contributed by atoms with Gasteiger partial charge in [0.25, 0.3) is 0 Å². The van der Waals surface area contributed by atoms with Crippen LogP contribution in [0.1, 0.15) is 5.56 Å². The van der Waals surface area contributed by atoms with Gasteiger partial charge in [0.15, 0.2) is 0 Å². The molecule has 0 fully saturated rings. The molecule has 0 amide bonds. The monoisotopic (exact) mass is 176 g/mol. The zero-order valence-electron chi connectivity index (χ0n) is 8.03. The van der Waals surface area contributed by atoms with Crippen molar-refractivity contribution in [3.8, 4) is 5.75 Å². The maximum Gasteiger partial charge on any atom is 0.129 e. The summed E-state index contributed by atoms with van der Waals surface area (Å²) in [5.74, 6) is 0.883. The predicted molar refractivity (Wildman–Crippen MR) is 52.0 cm³/mol. The molecule has 0 aliphatic heterocycles. The van der Waals surface area contributed by atoms with Crippen LogP contribution in [0.5, 0.6) is 5.75 Å². The maximum absolute atomic E-state index is 5.24. The van der Waals surface area contributed by atoms with Crippen molar-refractivity contribution in [2.45, 2.75) is 6.92 Å². The lowest BCUT2D eigenvalue weighted by Crippen LogP contribution is -1.86. The standard InChI is InChI=1S/C10H12N2O/c1-7-4-5-9(13-3)8-6-12(2)11-10(7)8/h4-6H,1-3H3. The molecule has 0 saturated carbocycles. The second kappa shape index (κ2) is 2.76. The highest BCUT2D eigenvalue weighted by molar-refractivity contribution is 5.87. The van der Waals surface area contributed by atoms with Crippen LogP contribution in [0.3, 0.4) is 0 Å².